The van der Waals surface area contributed by atoms with E-state index >= 15 is 0 Å². The fourth-order valence-corrected chi connectivity index (χ4v) is 4.32. The number of methoxy groups -OCH3 is 2. The lowest BCUT2D eigenvalue weighted by molar-refractivity contribution is -0.153. The molecule has 1 aliphatic heterocycles. The van der Waals surface area contributed by atoms with E-state index in [1.807, 2.05) is 0 Å². The van der Waals surface area contributed by atoms with Gasteiger partial charge in [0.05, 0.1) is 33.5 Å². The number of esters is 3. The molecule has 10 nitrogen and oxygen atoms in total. The van der Waals surface area contributed by atoms with Crippen LogP contribution in [-0.2, 0) is 28.6 Å². The highest BCUT2D eigenvalue weighted by molar-refractivity contribution is 5.70. The van der Waals surface area contributed by atoms with Crippen LogP contribution >= 0.6 is 0 Å². The predicted molar refractivity (Wildman–Crippen MR) is 126 cm³/mol. The van der Waals surface area contributed by atoms with Crippen LogP contribution in [0.1, 0.15) is 44.1 Å². The average molecular weight is 503 g/mol. The zero-order valence-electron chi connectivity index (χ0n) is 20.8. The number of aromatic hydroxyl groups is 1. The molecule has 1 fully saturated rings. The number of benzene rings is 2. The van der Waals surface area contributed by atoms with Gasteiger partial charge in [-0.25, -0.2) is 0 Å². The highest BCUT2D eigenvalue weighted by atomic mass is 16.6. The lowest BCUT2D eigenvalue weighted by Crippen LogP contribution is -2.29. The zero-order valence-corrected chi connectivity index (χ0v) is 20.8. The summed E-state index contributed by atoms with van der Waals surface area (Å²) in [4.78, 5) is 35.1. The van der Waals surface area contributed by atoms with Gasteiger partial charge in [0.2, 0.25) is 0 Å². The largest absolute Gasteiger partial charge is 0.504 e. The molecule has 1 N–H and O–H groups in total. The van der Waals surface area contributed by atoms with Crippen molar-refractivity contribution >= 4 is 17.9 Å². The highest BCUT2D eigenvalue weighted by Gasteiger charge is 2.45. The second kappa shape index (κ2) is 11.8. The lowest BCUT2D eigenvalue weighted by Gasteiger charge is -2.29. The van der Waals surface area contributed by atoms with Crippen molar-refractivity contribution in [1.82, 2.24) is 0 Å². The number of hydrogen-bond donors (Lipinski definition) is 1. The van der Waals surface area contributed by atoms with Gasteiger partial charge in [-0.15, -0.1) is 0 Å². The lowest BCUT2D eigenvalue weighted by atomic mass is 9.82. The average Bonchev–Trinajstić information content (AvgIpc) is 3.25. The molecule has 2 aromatic carbocycles. The summed E-state index contributed by atoms with van der Waals surface area (Å²) in [6.07, 6.45) is -1.32. The van der Waals surface area contributed by atoms with E-state index < -0.39 is 42.0 Å². The fourth-order valence-electron chi connectivity index (χ4n) is 4.32. The third-order valence-electron chi connectivity index (χ3n) is 5.87. The van der Waals surface area contributed by atoms with Gasteiger partial charge in [0.15, 0.2) is 23.0 Å². The summed E-state index contributed by atoms with van der Waals surface area (Å²) in [6, 6.07) is 9.71. The van der Waals surface area contributed by atoms with Gasteiger partial charge in [0, 0.05) is 32.6 Å². The molecule has 1 aliphatic rings. The quantitative estimate of drug-likeness (QED) is 0.402. The van der Waals surface area contributed by atoms with Gasteiger partial charge in [-0.05, 0) is 35.4 Å². The predicted octanol–water partition coefficient (Wildman–Crippen LogP) is 3.51. The van der Waals surface area contributed by atoms with Crippen molar-refractivity contribution < 1.29 is 47.9 Å². The van der Waals surface area contributed by atoms with Crippen molar-refractivity contribution in [3.05, 3.63) is 47.5 Å². The molecule has 0 saturated carbocycles. The summed E-state index contributed by atoms with van der Waals surface area (Å²) in [7, 11) is 2.88. The minimum Gasteiger partial charge on any atom is -0.504 e. The molecular formula is C26H30O10. The van der Waals surface area contributed by atoms with Gasteiger partial charge in [0.25, 0.3) is 0 Å². The Morgan fingerprint density at radius 3 is 2.28 bits per heavy atom. The van der Waals surface area contributed by atoms with Crippen LogP contribution < -0.4 is 14.2 Å². The van der Waals surface area contributed by atoms with Crippen molar-refractivity contribution in [2.75, 3.05) is 27.4 Å². The fraction of sp³-hybridized carbons (Fsp3) is 0.423. The molecule has 0 aromatic heterocycles. The van der Waals surface area contributed by atoms with Gasteiger partial charge in [-0.1, -0.05) is 12.1 Å². The van der Waals surface area contributed by atoms with E-state index in [4.69, 9.17) is 28.4 Å². The van der Waals surface area contributed by atoms with E-state index in [9.17, 15) is 19.5 Å². The normalized spacial score (nSPS) is 19.8. The molecule has 0 aliphatic carbocycles. The SMILES string of the molecule is COc1cc([C@H](OC(C)=O)[C@H]2CO[C@H](c3ccc(OC(C)=O)c(OC)c3)[C@H]2COC(C)=O)ccc1O. The molecule has 0 spiro atoms. The molecule has 4 atom stereocenters. The number of ether oxygens (including phenoxy) is 6. The van der Waals surface area contributed by atoms with E-state index in [-0.39, 0.29) is 30.5 Å². The maximum Gasteiger partial charge on any atom is 0.308 e. The van der Waals surface area contributed by atoms with Crippen LogP contribution in [0.25, 0.3) is 0 Å². The first-order valence-electron chi connectivity index (χ1n) is 11.3. The molecule has 194 valence electrons. The second-order valence-corrected chi connectivity index (χ2v) is 8.35. The maximum atomic E-state index is 12.1. The molecule has 2 aromatic rings. The second-order valence-electron chi connectivity index (χ2n) is 8.35. The number of phenols is 1. The summed E-state index contributed by atoms with van der Waals surface area (Å²) >= 11 is 0. The third kappa shape index (κ3) is 6.25. The van der Waals surface area contributed by atoms with Crippen LogP contribution in [0.3, 0.4) is 0 Å². The molecule has 0 radical (unpaired) electrons. The number of carbonyl (C=O) groups is 3. The number of hydrogen-bond acceptors (Lipinski definition) is 10. The van der Waals surface area contributed by atoms with E-state index in [1.54, 1.807) is 30.3 Å². The third-order valence-corrected chi connectivity index (χ3v) is 5.87. The topological polar surface area (TPSA) is 127 Å². The van der Waals surface area contributed by atoms with Gasteiger partial charge < -0.3 is 33.5 Å². The summed E-state index contributed by atoms with van der Waals surface area (Å²) in [5, 5.41) is 10.0. The minimum atomic E-state index is -0.773. The van der Waals surface area contributed by atoms with Gasteiger partial charge >= 0.3 is 17.9 Å². The Hall–Kier alpha value is -3.79. The Kier molecular flexibility index (Phi) is 8.76. The molecule has 3 rings (SSSR count). The molecule has 1 heterocycles. The standard InChI is InChI=1S/C26H30O10/c1-14(27)33-12-19-20(26(36-16(3)29)18-6-8-21(30)23(10-18)31-4)13-34-25(19)17-7-9-22(35-15(2)28)24(11-17)32-5/h6-11,19-20,25-26,30H,12-13H2,1-5H3/t19-,20-,25+,26-/m0/s1. The van der Waals surface area contributed by atoms with Crippen LogP contribution in [0.2, 0.25) is 0 Å². The molecule has 10 heteroatoms. The Labute approximate surface area is 209 Å². The van der Waals surface area contributed by atoms with Gasteiger partial charge in [0.1, 0.15) is 6.10 Å². The highest BCUT2D eigenvalue weighted by Crippen LogP contribution is 2.47. The Bertz CT molecular complexity index is 1110. The summed E-state index contributed by atoms with van der Waals surface area (Å²) in [6.45, 7) is 4.10. The molecule has 0 amide bonds. The van der Waals surface area contributed by atoms with Crippen LogP contribution in [0.4, 0.5) is 0 Å². The summed E-state index contributed by atoms with van der Waals surface area (Å²) in [5.74, 6) is -1.52. The number of phenolic OH excluding ortho intramolecular Hbond substituents is 1. The number of rotatable bonds is 9. The maximum absolute atomic E-state index is 12.1. The first-order valence-corrected chi connectivity index (χ1v) is 11.3. The molecular weight excluding hydrogens is 472 g/mol. The summed E-state index contributed by atoms with van der Waals surface area (Å²) < 4.78 is 33.0. The Balaban J connectivity index is 2.01. The molecule has 0 unspecified atom stereocenters. The monoisotopic (exact) mass is 502 g/mol. The van der Waals surface area contributed by atoms with E-state index in [1.165, 1.54) is 41.1 Å². The molecule has 1 saturated heterocycles. The first-order chi connectivity index (χ1) is 17.1. The Morgan fingerprint density at radius 1 is 0.944 bits per heavy atom. The van der Waals surface area contributed by atoms with E-state index in [0.29, 0.717) is 16.9 Å². The van der Waals surface area contributed by atoms with Gasteiger partial charge in [-0.2, -0.15) is 0 Å². The van der Waals surface area contributed by atoms with E-state index in [0.717, 1.165) is 0 Å². The van der Waals surface area contributed by atoms with Crippen molar-refractivity contribution in [1.29, 1.82) is 0 Å². The first kappa shape index (κ1) is 26.8. The summed E-state index contributed by atoms with van der Waals surface area (Å²) in [5.41, 5.74) is 1.29. The van der Waals surface area contributed by atoms with Gasteiger partial charge in [-0.3, -0.25) is 14.4 Å². The smallest absolute Gasteiger partial charge is 0.308 e. The van der Waals surface area contributed by atoms with Crippen molar-refractivity contribution in [3.8, 4) is 23.0 Å². The number of carbonyl (C=O) groups excluding carboxylic acids is 3. The van der Waals surface area contributed by atoms with Crippen molar-refractivity contribution in [2.45, 2.75) is 33.0 Å². The Morgan fingerprint density at radius 2 is 1.67 bits per heavy atom. The van der Waals surface area contributed by atoms with Crippen LogP contribution in [0.15, 0.2) is 36.4 Å². The van der Waals surface area contributed by atoms with Crippen LogP contribution in [0.5, 0.6) is 23.0 Å². The molecule has 36 heavy (non-hydrogen) atoms. The van der Waals surface area contributed by atoms with Crippen LogP contribution in [0, 0.1) is 11.8 Å². The van der Waals surface area contributed by atoms with Crippen molar-refractivity contribution in [3.63, 3.8) is 0 Å². The molecule has 0 bridgehead atoms. The zero-order chi connectivity index (χ0) is 26.4. The van der Waals surface area contributed by atoms with Crippen molar-refractivity contribution in [2.24, 2.45) is 11.8 Å². The van der Waals surface area contributed by atoms with E-state index in [2.05, 4.69) is 0 Å². The van der Waals surface area contributed by atoms with Crippen LogP contribution in [-0.4, -0.2) is 50.4 Å². The minimum absolute atomic E-state index is 0.00562.